The number of nitroso groups, excluding NO2 is 1. The third kappa shape index (κ3) is 11.1. The number of hydrogen-bond acceptors (Lipinski definition) is 3. The summed E-state index contributed by atoms with van der Waals surface area (Å²) in [6.45, 7) is 0.733. The fourth-order valence-corrected chi connectivity index (χ4v) is 1.55. The standard InChI is InChI=1S/C6H10NO2.C6H6NO2.NO.H2O.Ru/c2*8-6(9)5-3-1-2-4-7-5;1-2;;/h5H,1-4H2,(H,8,9);1-5H,(H,8,9);;1H2;/q3*-1;;+4/p+1. The van der Waals surface area contributed by atoms with Gasteiger partial charge >= 0.3 is 19.5 Å². The van der Waals surface area contributed by atoms with Gasteiger partial charge in [-0.2, -0.15) is 6.20 Å². The molecule has 2 unspecified atom stereocenters. The maximum atomic E-state index is 10.3. The number of allylic oxidation sites excluding steroid dienone is 2. The molecular formula is C12H19N3O6Ru+2. The zero-order valence-electron chi connectivity index (χ0n) is 11.7. The second-order valence-corrected chi connectivity index (χ2v) is 3.91. The summed E-state index contributed by atoms with van der Waals surface area (Å²) in [5, 5.41) is 24.4. The van der Waals surface area contributed by atoms with E-state index in [4.69, 9.17) is 20.7 Å². The topological polar surface area (TPSA) is 175 Å². The first-order chi connectivity index (χ1) is 9.61. The van der Waals surface area contributed by atoms with Crippen LogP contribution in [0, 0.1) is 4.91 Å². The summed E-state index contributed by atoms with van der Waals surface area (Å²) in [4.78, 5) is 27.7. The van der Waals surface area contributed by atoms with Gasteiger partial charge in [0.15, 0.2) is 0 Å². The number of piperidine rings is 1. The SMILES string of the molecule is O=C(O)C1C=CC=C[N-]1.O=C(O)C1CCCC[N-]1.[N-]=O.[OH3+].[Ru+4]. The van der Waals surface area contributed by atoms with E-state index in [-0.39, 0.29) is 25.0 Å². The molecule has 0 aliphatic carbocycles. The van der Waals surface area contributed by atoms with Crippen LogP contribution in [0.5, 0.6) is 0 Å². The van der Waals surface area contributed by atoms with E-state index in [1.54, 1.807) is 12.2 Å². The van der Waals surface area contributed by atoms with E-state index in [9.17, 15) is 9.59 Å². The van der Waals surface area contributed by atoms with Crippen LogP contribution in [-0.2, 0) is 34.5 Å². The molecule has 0 aromatic heterocycles. The number of hydrogen-bond donors (Lipinski definition) is 2. The van der Waals surface area contributed by atoms with Gasteiger partial charge in [-0.25, -0.2) is 0 Å². The average molecular weight is 402 g/mol. The molecule has 0 saturated carbocycles. The molecule has 0 aromatic carbocycles. The molecule has 0 spiro atoms. The molecule has 0 amide bonds. The van der Waals surface area contributed by atoms with E-state index < -0.39 is 24.0 Å². The van der Waals surface area contributed by atoms with Crippen molar-refractivity contribution in [2.45, 2.75) is 31.3 Å². The van der Waals surface area contributed by atoms with Crippen LogP contribution >= 0.6 is 0 Å². The summed E-state index contributed by atoms with van der Waals surface area (Å²) in [5.74, 6) is -1.68. The van der Waals surface area contributed by atoms with Crippen LogP contribution in [0.4, 0.5) is 0 Å². The van der Waals surface area contributed by atoms with E-state index >= 15 is 0 Å². The second-order valence-electron chi connectivity index (χ2n) is 3.91. The smallest absolute Gasteiger partial charge is 0.676 e. The molecular weight excluding hydrogens is 383 g/mol. The van der Waals surface area contributed by atoms with Gasteiger partial charge in [-0.15, -0.1) is 6.54 Å². The summed E-state index contributed by atoms with van der Waals surface area (Å²) in [7, 11) is 0. The van der Waals surface area contributed by atoms with Crippen molar-refractivity contribution in [1.29, 1.82) is 0 Å². The van der Waals surface area contributed by atoms with Crippen molar-refractivity contribution in [3.63, 3.8) is 0 Å². The first-order valence-corrected chi connectivity index (χ1v) is 5.95. The Labute approximate surface area is 140 Å². The molecule has 10 heteroatoms. The first kappa shape index (κ1) is 25.3. The number of carboxylic acid groups (broad SMARTS) is 2. The summed E-state index contributed by atoms with van der Waals surface area (Å²) in [6, 6.07) is -1.08. The van der Waals surface area contributed by atoms with E-state index in [0.717, 1.165) is 25.8 Å². The van der Waals surface area contributed by atoms with E-state index in [0.29, 0.717) is 0 Å². The summed E-state index contributed by atoms with van der Waals surface area (Å²) >= 11 is 0. The maximum Gasteiger partial charge on any atom is 4.00 e. The van der Waals surface area contributed by atoms with Gasteiger partial charge in [-0.05, 0) is 6.04 Å². The number of carbonyl (C=O) groups is 2. The van der Waals surface area contributed by atoms with Crippen LogP contribution in [0.25, 0.3) is 16.2 Å². The van der Waals surface area contributed by atoms with Crippen molar-refractivity contribution >= 4 is 11.9 Å². The number of aliphatic carboxylic acids is 2. The zero-order chi connectivity index (χ0) is 15.4. The van der Waals surface area contributed by atoms with Gasteiger partial charge < -0.3 is 36.8 Å². The third-order valence-corrected chi connectivity index (χ3v) is 2.51. The molecule has 22 heavy (non-hydrogen) atoms. The number of carboxylic acids is 2. The summed E-state index contributed by atoms with van der Waals surface area (Å²) in [6.07, 6.45) is 9.19. The Morgan fingerprint density at radius 3 is 2.00 bits per heavy atom. The second kappa shape index (κ2) is 15.7. The zero-order valence-corrected chi connectivity index (χ0v) is 13.4. The minimum atomic E-state index is -0.907. The average Bonchev–Trinajstić information content (AvgIpc) is 2.51. The number of nitrogens with zero attached hydrogens (tertiary/aromatic N) is 3. The van der Waals surface area contributed by atoms with Gasteiger partial charge in [0.1, 0.15) is 0 Å². The Bertz CT molecular complexity index is 372. The van der Waals surface area contributed by atoms with Crippen LogP contribution in [-0.4, -0.2) is 40.8 Å². The largest absolute Gasteiger partial charge is 4.00 e. The monoisotopic (exact) mass is 403 g/mol. The van der Waals surface area contributed by atoms with Crippen molar-refractivity contribution in [2.75, 3.05) is 6.54 Å². The minimum Gasteiger partial charge on any atom is -0.676 e. The molecule has 0 aromatic rings. The quantitative estimate of drug-likeness (QED) is 0.521. The maximum absolute atomic E-state index is 10.3. The van der Waals surface area contributed by atoms with Crippen LogP contribution in [0.3, 0.4) is 0 Å². The Morgan fingerprint density at radius 1 is 1.09 bits per heavy atom. The Kier molecular flexibility index (Phi) is 18.1. The van der Waals surface area contributed by atoms with Crippen LogP contribution in [0.15, 0.2) is 24.4 Å². The van der Waals surface area contributed by atoms with E-state index in [2.05, 4.69) is 10.6 Å². The Balaban J connectivity index is -0.000000273. The first-order valence-electron chi connectivity index (χ1n) is 5.95. The predicted molar refractivity (Wildman–Crippen MR) is 78.2 cm³/mol. The van der Waals surface area contributed by atoms with Crippen molar-refractivity contribution in [2.24, 2.45) is 0 Å². The molecule has 0 radical (unpaired) electrons. The molecule has 1 fully saturated rings. The van der Waals surface area contributed by atoms with Crippen molar-refractivity contribution in [3.05, 3.63) is 45.6 Å². The molecule has 2 aliphatic heterocycles. The molecule has 124 valence electrons. The Morgan fingerprint density at radius 2 is 1.73 bits per heavy atom. The van der Waals surface area contributed by atoms with Gasteiger partial charge in [0.2, 0.25) is 0 Å². The Hall–Kier alpha value is -1.64. The van der Waals surface area contributed by atoms with Crippen LogP contribution in [0.2, 0.25) is 0 Å². The van der Waals surface area contributed by atoms with Gasteiger partial charge in [0.05, 0.1) is 0 Å². The predicted octanol–water partition coefficient (Wildman–Crippen LogP) is 1.29. The normalized spacial score (nSPS) is 21.1. The van der Waals surface area contributed by atoms with Crippen molar-refractivity contribution < 1.29 is 44.8 Å². The van der Waals surface area contributed by atoms with Gasteiger partial charge in [-0.1, -0.05) is 37.5 Å². The fourth-order valence-electron chi connectivity index (χ4n) is 1.55. The van der Waals surface area contributed by atoms with Gasteiger partial charge in [0.25, 0.3) is 11.9 Å². The fraction of sp³-hybridized carbons (Fsp3) is 0.500. The molecule has 2 atom stereocenters. The van der Waals surface area contributed by atoms with Gasteiger partial charge in [-0.3, -0.25) is 9.59 Å². The molecule has 9 nitrogen and oxygen atoms in total. The van der Waals surface area contributed by atoms with Crippen molar-refractivity contribution in [3.8, 4) is 0 Å². The summed E-state index contributed by atoms with van der Waals surface area (Å²) in [5.41, 5.74) is 5.75. The molecule has 1 saturated heterocycles. The van der Waals surface area contributed by atoms with Crippen molar-refractivity contribution in [1.82, 2.24) is 0 Å². The van der Waals surface area contributed by atoms with E-state index in [1.807, 2.05) is 0 Å². The molecule has 2 rings (SSSR count). The molecule has 2 heterocycles. The number of rotatable bonds is 2. The molecule has 2 aliphatic rings. The van der Waals surface area contributed by atoms with Crippen LogP contribution < -0.4 is 0 Å². The summed E-state index contributed by atoms with van der Waals surface area (Å²) < 4.78 is 0. The van der Waals surface area contributed by atoms with Gasteiger partial charge in [0, 0.05) is 6.04 Å². The minimum absolute atomic E-state index is 0. The van der Waals surface area contributed by atoms with E-state index in [1.165, 1.54) is 12.3 Å². The third-order valence-electron chi connectivity index (χ3n) is 2.51. The van der Waals surface area contributed by atoms with Crippen LogP contribution in [0.1, 0.15) is 19.3 Å². The molecule has 0 bridgehead atoms. The molecule has 5 N–H and O–H groups in total.